The fraction of sp³-hybridized carbons (Fsp3) is 0.500. The number of carbonyl (C=O) groups is 1. The van der Waals surface area contributed by atoms with Crippen molar-refractivity contribution in [2.75, 3.05) is 18.5 Å². The van der Waals surface area contributed by atoms with Gasteiger partial charge >= 0.3 is 0 Å². The number of hydrogen-bond donors (Lipinski definition) is 1. The van der Waals surface area contributed by atoms with E-state index in [0.29, 0.717) is 6.54 Å². The van der Waals surface area contributed by atoms with Gasteiger partial charge in [-0.05, 0) is 41.0 Å². The van der Waals surface area contributed by atoms with Crippen molar-refractivity contribution < 1.29 is 4.79 Å². The van der Waals surface area contributed by atoms with E-state index in [-0.39, 0.29) is 11.8 Å². The predicted molar refractivity (Wildman–Crippen MR) is 68.3 cm³/mol. The van der Waals surface area contributed by atoms with Crippen LogP contribution in [0, 0.1) is 5.92 Å². The number of anilines is 1. The van der Waals surface area contributed by atoms with Crippen molar-refractivity contribution in [1.29, 1.82) is 0 Å². The molecule has 1 amide bonds. The summed E-state index contributed by atoms with van der Waals surface area (Å²) < 4.78 is 1.03. The second kappa shape index (κ2) is 5.63. The molecule has 1 aromatic heterocycles. The fourth-order valence-corrected chi connectivity index (χ4v) is 2.63. The average Bonchev–Trinajstić information content (AvgIpc) is 2.63. The highest BCUT2D eigenvalue weighted by Crippen LogP contribution is 2.29. The molecule has 15 heavy (non-hydrogen) atoms. The zero-order valence-electron chi connectivity index (χ0n) is 8.87. The van der Waals surface area contributed by atoms with E-state index in [1.165, 1.54) is 0 Å². The maximum atomic E-state index is 11.9. The molecule has 1 unspecified atom stereocenters. The summed E-state index contributed by atoms with van der Waals surface area (Å²) in [5.74, 6) is 0.107. The Morgan fingerprint density at radius 2 is 2.33 bits per heavy atom. The van der Waals surface area contributed by atoms with Crippen LogP contribution in [0.5, 0.6) is 0 Å². The largest absolute Gasteiger partial charge is 0.330 e. The molecule has 0 saturated heterocycles. The monoisotopic (exact) mass is 290 g/mol. The summed E-state index contributed by atoms with van der Waals surface area (Å²) in [6.45, 7) is 2.46. The molecule has 1 atom stereocenters. The molecule has 0 spiro atoms. The molecule has 0 bridgehead atoms. The van der Waals surface area contributed by atoms with E-state index >= 15 is 0 Å². The van der Waals surface area contributed by atoms with Gasteiger partial charge in [0.1, 0.15) is 0 Å². The van der Waals surface area contributed by atoms with Crippen LogP contribution in [0.25, 0.3) is 0 Å². The van der Waals surface area contributed by atoms with Gasteiger partial charge in [-0.3, -0.25) is 4.79 Å². The van der Waals surface area contributed by atoms with Gasteiger partial charge in [0.05, 0.1) is 8.79 Å². The van der Waals surface area contributed by atoms with E-state index in [1.54, 1.807) is 23.3 Å². The molecular formula is C10H15BrN2OS. The Bertz CT molecular complexity index is 340. The number of hydrogen-bond acceptors (Lipinski definition) is 3. The number of thiophene rings is 1. The third-order valence-electron chi connectivity index (χ3n) is 2.24. The third kappa shape index (κ3) is 3.29. The van der Waals surface area contributed by atoms with Gasteiger partial charge in [-0.15, -0.1) is 11.3 Å². The Hall–Kier alpha value is -0.390. The molecule has 1 heterocycles. The van der Waals surface area contributed by atoms with Crippen LogP contribution in [0.1, 0.15) is 13.3 Å². The zero-order chi connectivity index (χ0) is 11.4. The molecule has 0 saturated carbocycles. The third-order valence-corrected chi connectivity index (χ3v) is 3.94. The van der Waals surface area contributed by atoms with Crippen LogP contribution in [0.15, 0.2) is 15.9 Å². The maximum Gasteiger partial charge on any atom is 0.230 e. The highest BCUT2D eigenvalue weighted by atomic mass is 79.9. The smallest absolute Gasteiger partial charge is 0.230 e. The second-order valence-corrected chi connectivity index (χ2v) is 5.89. The molecule has 0 aromatic carbocycles. The lowest BCUT2D eigenvalue weighted by atomic mass is 10.1. The van der Waals surface area contributed by atoms with E-state index in [0.717, 1.165) is 15.2 Å². The quantitative estimate of drug-likeness (QED) is 0.926. The summed E-state index contributed by atoms with van der Waals surface area (Å²) in [4.78, 5) is 13.6. The first-order valence-corrected chi connectivity index (χ1v) is 6.40. The van der Waals surface area contributed by atoms with Crippen LogP contribution in [-0.2, 0) is 4.79 Å². The second-order valence-electron chi connectivity index (χ2n) is 3.45. The number of nitrogens with two attached hydrogens (primary N) is 1. The first kappa shape index (κ1) is 12.7. The normalized spacial score (nSPS) is 12.5. The molecule has 0 aliphatic heterocycles. The van der Waals surface area contributed by atoms with Crippen molar-refractivity contribution in [3.05, 3.63) is 15.9 Å². The molecule has 0 aliphatic rings. The maximum absolute atomic E-state index is 11.9. The SMILES string of the molecule is CC(CCN)C(=O)N(C)c1ccc(Br)s1. The molecular weight excluding hydrogens is 276 g/mol. The van der Waals surface area contributed by atoms with Gasteiger partial charge in [0, 0.05) is 13.0 Å². The summed E-state index contributed by atoms with van der Waals surface area (Å²) in [6, 6.07) is 3.87. The van der Waals surface area contributed by atoms with Crippen molar-refractivity contribution in [1.82, 2.24) is 0 Å². The van der Waals surface area contributed by atoms with Crippen molar-refractivity contribution in [2.45, 2.75) is 13.3 Å². The van der Waals surface area contributed by atoms with E-state index in [4.69, 9.17) is 5.73 Å². The fourth-order valence-electron chi connectivity index (χ4n) is 1.30. The van der Waals surface area contributed by atoms with E-state index in [1.807, 2.05) is 19.1 Å². The molecule has 3 nitrogen and oxygen atoms in total. The topological polar surface area (TPSA) is 46.3 Å². The lowest BCUT2D eigenvalue weighted by Gasteiger charge is -2.19. The minimum atomic E-state index is -0.0131. The highest BCUT2D eigenvalue weighted by molar-refractivity contribution is 9.11. The van der Waals surface area contributed by atoms with Crippen molar-refractivity contribution in [2.24, 2.45) is 11.7 Å². The van der Waals surface area contributed by atoms with Crippen LogP contribution in [0.3, 0.4) is 0 Å². The van der Waals surface area contributed by atoms with Gasteiger partial charge in [0.2, 0.25) is 5.91 Å². The Kier molecular flexibility index (Phi) is 4.76. The van der Waals surface area contributed by atoms with Crippen LogP contribution in [0.4, 0.5) is 5.00 Å². The van der Waals surface area contributed by atoms with Gasteiger partial charge < -0.3 is 10.6 Å². The van der Waals surface area contributed by atoms with Crippen molar-refractivity contribution in [3.8, 4) is 0 Å². The number of halogens is 1. The Balaban J connectivity index is 2.68. The van der Waals surface area contributed by atoms with Crippen LogP contribution in [0.2, 0.25) is 0 Å². The summed E-state index contributed by atoms with van der Waals surface area (Å²) in [6.07, 6.45) is 0.732. The van der Waals surface area contributed by atoms with Crippen LogP contribution in [-0.4, -0.2) is 19.5 Å². The zero-order valence-corrected chi connectivity index (χ0v) is 11.3. The highest BCUT2D eigenvalue weighted by Gasteiger charge is 2.18. The van der Waals surface area contributed by atoms with Crippen LogP contribution < -0.4 is 10.6 Å². The van der Waals surface area contributed by atoms with Crippen molar-refractivity contribution in [3.63, 3.8) is 0 Å². The summed E-state index contributed by atoms with van der Waals surface area (Å²) >= 11 is 4.93. The lowest BCUT2D eigenvalue weighted by molar-refractivity contribution is -0.121. The molecule has 1 aromatic rings. The first-order valence-electron chi connectivity index (χ1n) is 4.79. The minimum Gasteiger partial charge on any atom is -0.330 e. The van der Waals surface area contributed by atoms with E-state index in [2.05, 4.69) is 15.9 Å². The molecule has 0 radical (unpaired) electrons. The molecule has 0 aliphatic carbocycles. The standard InChI is InChI=1S/C10H15BrN2OS/c1-7(5-6-12)10(14)13(2)9-4-3-8(11)15-9/h3-4,7H,5-6,12H2,1-2H3. The molecule has 2 N–H and O–H groups in total. The summed E-state index contributed by atoms with van der Waals surface area (Å²) in [5, 5.41) is 0.954. The average molecular weight is 291 g/mol. The van der Waals surface area contributed by atoms with Gasteiger partial charge in [-0.2, -0.15) is 0 Å². The van der Waals surface area contributed by atoms with Crippen molar-refractivity contribution >= 4 is 38.2 Å². The van der Waals surface area contributed by atoms with Gasteiger partial charge in [-0.1, -0.05) is 6.92 Å². The summed E-state index contributed by atoms with van der Waals surface area (Å²) in [5.41, 5.74) is 5.43. The first-order chi connectivity index (χ1) is 7.06. The van der Waals surface area contributed by atoms with Gasteiger partial charge in [0.25, 0.3) is 0 Å². The number of amides is 1. The van der Waals surface area contributed by atoms with E-state index in [9.17, 15) is 4.79 Å². The number of carbonyl (C=O) groups excluding carboxylic acids is 1. The molecule has 0 fully saturated rings. The predicted octanol–water partition coefficient (Wildman–Crippen LogP) is 2.46. The number of rotatable bonds is 4. The Morgan fingerprint density at radius 3 is 2.80 bits per heavy atom. The lowest BCUT2D eigenvalue weighted by Crippen LogP contribution is -2.31. The summed E-state index contributed by atoms with van der Waals surface area (Å²) in [7, 11) is 1.80. The van der Waals surface area contributed by atoms with Gasteiger partial charge in [0.15, 0.2) is 0 Å². The molecule has 1 rings (SSSR count). The molecule has 5 heteroatoms. The van der Waals surface area contributed by atoms with E-state index < -0.39 is 0 Å². The van der Waals surface area contributed by atoms with Gasteiger partial charge in [-0.25, -0.2) is 0 Å². The Labute approximate surface area is 102 Å². The molecule has 84 valence electrons. The van der Waals surface area contributed by atoms with Crippen LogP contribution >= 0.6 is 27.3 Å². The Morgan fingerprint density at radius 1 is 1.67 bits per heavy atom. The number of nitrogens with zero attached hydrogens (tertiary/aromatic N) is 1. The minimum absolute atomic E-state index is 0.0131.